The van der Waals surface area contributed by atoms with Gasteiger partial charge in [-0.25, -0.2) is 0 Å². The average molecular weight is 155 g/mol. The maximum Gasteiger partial charge on any atom is 0.154 e. The van der Waals surface area contributed by atoms with Crippen molar-refractivity contribution in [1.29, 1.82) is 0 Å². The first-order chi connectivity index (χ1) is 3.81. The van der Waals surface area contributed by atoms with Crippen LogP contribution in [0.4, 0.5) is 0 Å². The molecule has 0 aromatic carbocycles. The Hall–Kier alpha value is 0.210. The van der Waals surface area contributed by atoms with E-state index in [0.717, 1.165) is 13.2 Å². The van der Waals surface area contributed by atoms with Gasteiger partial charge in [0.25, 0.3) is 0 Å². The van der Waals surface area contributed by atoms with E-state index in [0.29, 0.717) is 0 Å². The summed E-state index contributed by atoms with van der Waals surface area (Å²) in [5.74, 6) is 0. The predicted octanol–water partition coefficient (Wildman–Crippen LogP) is 1.83. The number of halogens is 1. The summed E-state index contributed by atoms with van der Waals surface area (Å²) in [6.45, 7) is 7.25. The van der Waals surface area contributed by atoms with Crippen LogP contribution in [0.1, 0.15) is 20.8 Å². The highest BCUT2D eigenvalue weighted by Crippen LogP contribution is 1.90. The van der Waals surface area contributed by atoms with E-state index in [4.69, 9.17) is 9.47 Å². The van der Waals surface area contributed by atoms with Crippen molar-refractivity contribution in [2.45, 2.75) is 27.1 Å². The molecule has 58 valence electrons. The van der Waals surface area contributed by atoms with Gasteiger partial charge in [-0.05, 0) is 20.8 Å². The van der Waals surface area contributed by atoms with Gasteiger partial charge in [-0.1, -0.05) is 0 Å². The van der Waals surface area contributed by atoms with Crippen LogP contribution in [0.25, 0.3) is 0 Å². The molecule has 0 rings (SSSR count). The molecule has 0 aliphatic heterocycles. The highest BCUT2D eigenvalue weighted by Gasteiger charge is 1.94. The molecule has 0 aliphatic carbocycles. The molecule has 0 aromatic rings. The lowest BCUT2D eigenvalue weighted by Crippen LogP contribution is -2.11. The van der Waals surface area contributed by atoms with Gasteiger partial charge in [-0.3, -0.25) is 0 Å². The topological polar surface area (TPSA) is 18.5 Å². The van der Waals surface area contributed by atoms with E-state index in [1.807, 2.05) is 20.8 Å². The summed E-state index contributed by atoms with van der Waals surface area (Å²) in [6.07, 6.45) is -0.0370. The molecule has 0 unspecified atom stereocenters. The maximum absolute atomic E-state index is 5.06. The molecule has 0 amide bonds. The molecule has 0 fully saturated rings. The molecule has 0 radical (unpaired) electrons. The Labute approximate surface area is 62.9 Å². The number of ether oxygens (including phenoxy) is 2. The third kappa shape index (κ3) is 8.21. The summed E-state index contributed by atoms with van der Waals surface area (Å²) < 4.78 is 10.1. The molecule has 9 heavy (non-hydrogen) atoms. The van der Waals surface area contributed by atoms with E-state index in [2.05, 4.69) is 0 Å². The zero-order valence-electron chi connectivity index (χ0n) is 6.22. The van der Waals surface area contributed by atoms with Crippen LogP contribution in [0.2, 0.25) is 0 Å². The molecule has 3 heteroatoms. The zero-order valence-corrected chi connectivity index (χ0v) is 7.03. The molecule has 0 aliphatic rings. The van der Waals surface area contributed by atoms with Crippen LogP contribution in [0.3, 0.4) is 0 Å². The third-order valence-electron chi connectivity index (χ3n) is 0.803. The minimum absolute atomic E-state index is 0. The van der Waals surface area contributed by atoms with Gasteiger partial charge >= 0.3 is 0 Å². The predicted molar refractivity (Wildman–Crippen MR) is 40.0 cm³/mol. The first-order valence-corrected chi connectivity index (χ1v) is 3.04. The second-order valence-electron chi connectivity index (χ2n) is 1.48. The molecule has 0 spiro atoms. The molecule has 0 aromatic heterocycles. The van der Waals surface area contributed by atoms with Gasteiger partial charge in [0.1, 0.15) is 0 Å². The third-order valence-corrected chi connectivity index (χ3v) is 0.803. The minimum Gasteiger partial charge on any atom is -0.353 e. The Morgan fingerprint density at radius 2 is 1.44 bits per heavy atom. The van der Waals surface area contributed by atoms with Gasteiger partial charge in [0.15, 0.2) is 6.29 Å². The van der Waals surface area contributed by atoms with Gasteiger partial charge in [-0.2, -0.15) is 0 Å². The van der Waals surface area contributed by atoms with Crippen molar-refractivity contribution in [1.82, 2.24) is 0 Å². The van der Waals surface area contributed by atoms with E-state index < -0.39 is 0 Å². The number of hydrogen-bond donors (Lipinski definition) is 0. The van der Waals surface area contributed by atoms with Crippen LogP contribution in [-0.4, -0.2) is 19.5 Å². The number of rotatable bonds is 4. The summed E-state index contributed by atoms with van der Waals surface area (Å²) in [4.78, 5) is 0. The largest absolute Gasteiger partial charge is 0.353 e. The lowest BCUT2D eigenvalue weighted by molar-refractivity contribution is -0.123. The summed E-state index contributed by atoms with van der Waals surface area (Å²) >= 11 is 0. The molecule has 0 heterocycles. The smallest absolute Gasteiger partial charge is 0.154 e. The van der Waals surface area contributed by atoms with Crippen LogP contribution in [-0.2, 0) is 9.47 Å². The minimum atomic E-state index is -0.0370. The average Bonchev–Trinajstić information content (AvgIpc) is 1.68. The molecule has 0 saturated carbocycles. The summed E-state index contributed by atoms with van der Waals surface area (Å²) in [7, 11) is 0. The fraction of sp³-hybridized carbons (Fsp3) is 1.00. The Morgan fingerprint density at radius 1 is 1.11 bits per heavy atom. The van der Waals surface area contributed by atoms with Crippen LogP contribution >= 0.6 is 12.4 Å². The molecular formula is C6H15ClO2. The highest BCUT2D eigenvalue weighted by molar-refractivity contribution is 5.85. The molecular weight excluding hydrogens is 140 g/mol. The van der Waals surface area contributed by atoms with Crippen molar-refractivity contribution in [2.24, 2.45) is 0 Å². The van der Waals surface area contributed by atoms with Crippen LogP contribution in [0.15, 0.2) is 0 Å². The van der Waals surface area contributed by atoms with Crippen LogP contribution < -0.4 is 0 Å². The quantitative estimate of drug-likeness (QED) is 0.576. The monoisotopic (exact) mass is 154 g/mol. The maximum atomic E-state index is 5.06. The fourth-order valence-corrected chi connectivity index (χ4v) is 0.518. The normalized spacial score (nSPS) is 9.33. The van der Waals surface area contributed by atoms with E-state index in [-0.39, 0.29) is 18.7 Å². The molecule has 0 N–H and O–H groups in total. The van der Waals surface area contributed by atoms with Gasteiger partial charge in [0.05, 0.1) is 0 Å². The molecule has 2 nitrogen and oxygen atoms in total. The first kappa shape index (κ1) is 11.9. The summed E-state index contributed by atoms with van der Waals surface area (Å²) in [5, 5.41) is 0. The van der Waals surface area contributed by atoms with Crippen molar-refractivity contribution in [3.8, 4) is 0 Å². The first-order valence-electron chi connectivity index (χ1n) is 3.04. The van der Waals surface area contributed by atoms with E-state index in [1.54, 1.807) is 0 Å². The lowest BCUT2D eigenvalue weighted by Gasteiger charge is -2.09. The van der Waals surface area contributed by atoms with Gasteiger partial charge < -0.3 is 9.47 Å². The second kappa shape index (κ2) is 8.21. The standard InChI is InChI=1S/C6H14O2.ClH/c1-4-7-6(3)8-5-2;/h6H,4-5H2,1-3H3;1H. The van der Waals surface area contributed by atoms with Crippen LogP contribution in [0.5, 0.6) is 0 Å². The van der Waals surface area contributed by atoms with Gasteiger partial charge in [-0.15, -0.1) is 12.4 Å². The second-order valence-corrected chi connectivity index (χ2v) is 1.48. The van der Waals surface area contributed by atoms with Crippen molar-refractivity contribution < 1.29 is 9.47 Å². The Morgan fingerprint density at radius 3 is 1.67 bits per heavy atom. The van der Waals surface area contributed by atoms with Crippen molar-refractivity contribution >= 4 is 12.4 Å². The Kier molecular flexibility index (Phi) is 10.9. The molecule has 0 bridgehead atoms. The fourth-order valence-electron chi connectivity index (χ4n) is 0.518. The Balaban J connectivity index is 0. The van der Waals surface area contributed by atoms with E-state index in [1.165, 1.54) is 0 Å². The molecule has 0 atom stereocenters. The molecule has 0 saturated heterocycles. The highest BCUT2D eigenvalue weighted by atomic mass is 35.5. The Bertz CT molecular complexity index is 44.3. The van der Waals surface area contributed by atoms with E-state index in [9.17, 15) is 0 Å². The van der Waals surface area contributed by atoms with Crippen molar-refractivity contribution in [3.05, 3.63) is 0 Å². The van der Waals surface area contributed by atoms with Crippen molar-refractivity contribution in [3.63, 3.8) is 0 Å². The van der Waals surface area contributed by atoms with Gasteiger partial charge in [0.2, 0.25) is 0 Å². The number of hydrogen-bond acceptors (Lipinski definition) is 2. The van der Waals surface area contributed by atoms with Gasteiger partial charge in [0, 0.05) is 13.2 Å². The summed E-state index contributed by atoms with van der Waals surface area (Å²) in [6, 6.07) is 0. The SMILES string of the molecule is CCOC(C)OCC.Cl. The summed E-state index contributed by atoms with van der Waals surface area (Å²) in [5.41, 5.74) is 0. The zero-order chi connectivity index (χ0) is 6.41. The lowest BCUT2D eigenvalue weighted by atomic mass is 10.7. The van der Waals surface area contributed by atoms with Crippen molar-refractivity contribution in [2.75, 3.05) is 13.2 Å². The van der Waals surface area contributed by atoms with Crippen LogP contribution in [0, 0.1) is 0 Å². The van der Waals surface area contributed by atoms with E-state index >= 15 is 0 Å².